The van der Waals surface area contributed by atoms with E-state index in [2.05, 4.69) is 4.98 Å². The van der Waals surface area contributed by atoms with Gasteiger partial charge in [-0.2, -0.15) is 0 Å². The summed E-state index contributed by atoms with van der Waals surface area (Å²) in [5, 5.41) is 0. The van der Waals surface area contributed by atoms with Gasteiger partial charge in [0.1, 0.15) is 11.5 Å². The number of aryl methyl sites for hydroxylation is 1. The van der Waals surface area contributed by atoms with E-state index < -0.39 is 0 Å². The van der Waals surface area contributed by atoms with Gasteiger partial charge >= 0.3 is 0 Å². The van der Waals surface area contributed by atoms with Gasteiger partial charge in [-0.25, -0.2) is 0 Å². The normalized spacial score (nSPS) is 21.0. The molecule has 1 saturated heterocycles. The Bertz CT molecular complexity index is 1040. The molecular weight excluding hydrogens is 356 g/mol. The van der Waals surface area contributed by atoms with Crippen LogP contribution in [0.25, 0.3) is 0 Å². The molecule has 2 atom stereocenters. The number of rotatable bonds is 3. The van der Waals surface area contributed by atoms with Crippen LogP contribution in [-0.4, -0.2) is 50.3 Å². The number of likely N-dealkylation sites (tertiary alicyclic amines) is 1. The number of fused-ring (bicyclic) bond motifs is 3. The summed E-state index contributed by atoms with van der Waals surface area (Å²) in [6, 6.07) is 12.8. The smallest absolute Gasteiger partial charge is 0.289 e. The molecule has 2 aliphatic rings. The Morgan fingerprint density at radius 1 is 1.14 bits per heavy atom. The third-order valence-electron chi connectivity index (χ3n) is 5.57. The molecule has 28 heavy (non-hydrogen) atoms. The van der Waals surface area contributed by atoms with Gasteiger partial charge in [-0.1, -0.05) is 6.07 Å². The summed E-state index contributed by atoms with van der Waals surface area (Å²) in [4.78, 5) is 34.0. The summed E-state index contributed by atoms with van der Waals surface area (Å²) >= 11 is 0. The number of carbonyl (C=O) groups is 2. The van der Waals surface area contributed by atoms with Gasteiger partial charge in [-0.3, -0.25) is 14.6 Å². The van der Waals surface area contributed by atoms with Crippen LogP contribution >= 0.6 is 0 Å². The number of furan rings is 1. The molecule has 3 aromatic heterocycles. The Kier molecular flexibility index (Phi) is 3.82. The predicted molar refractivity (Wildman–Crippen MR) is 101 cm³/mol. The van der Waals surface area contributed by atoms with Crippen molar-refractivity contribution in [3.8, 4) is 0 Å². The van der Waals surface area contributed by atoms with Crippen LogP contribution in [0, 0.1) is 6.92 Å². The monoisotopic (exact) mass is 376 g/mol. The van der Waals surface area contributed by atoms with Gasteiger partial charge in [0.15, 0.2) is 5.76 Å². The van der Waals surface area contributed by atoms with E-state index in [1.54, 1.807) is 23.2 Å². The average Bonchev–Trinajstić information content (AvgIpc) is 3.44. The van der Waals surface area contributed by atoms with E-state index in [-0.39, 0.29) is 23.9 Å². The Morgan fingerprint density at radius 2 is 2.00 bits per heavy atom. The number of amides is 2. The highest BCUT2D eigenvalue weighted by molar-refractivity contribution is 5.95. The number of aromatic nitrogens is 2. The lowest BCUT2D eigenvalue weighted by Gasteiger charge is -2.37. The van der Waals surface area contributed by atoms with E-state index in [1.165, 1.54) is 0 Å². The van der Waals surface area contributed by atoms with Crippen molar-refractivity contribution >= 4 is 11.8 Å². The molecule has 0 aliphatic carbocycles. The van der Waals surface area contributed by atoms with Crippen LogP contribution in [0.5, 0.6) is 0 Å². The predicted octanol–water partition coefficient (Wildman–Crippen LogP) is 2.51. The first kappa shape index (κ1) is 16.8. The number of hydrogen-bond donors (Lipinski definition) is 0. The van der Waals surface area contributed by atoms with Crippen LogP contribution in [0.2, 0.25) is 0 Å². The lowest BCUT2D eigenvalue weighted by molar-refractivity contribution is 0.0546. The molecule has 0 aromatic carbocycles. The standard InChI is InChI=1S/C21H20N4O3/c1-14-7-8-19(28-14)21(27)23-12-17-18(13-23)25(11-15-5-2-3-9-22-15)20(26)16-6-4-10-24(16)17/h2-10,17-18H,11-13H2,1H3/t17-,18-/m0/s1. The highest BCUT2D eigenvalue weighted by atomic mass is 16.3. The van der Waals surface area contributed by atoms with Crippen LogP contribution in [-0.2, 0) is 6.54 Å². The molecule has 142 valence electrons. The van der Waals surface area contributed by atoms with Crippen molar-refractivity contribution in [2.24, 2.45) is 0 Å². The van der Waals surface area contributed by atoms with Crippen molar-refractivity contribution < 1.29 is 14.0 Å². The molecule has 0 unspecified atom stereocenters. The highest BCUT2D eigenvalue weighted by Gasteiger charge is 2.46. The minimum atomic E-state index is -0.138. The van der Waals surface area contributed by atoms with E-state index >= 15 is 0 Å². The molecule has 0 spiro atoms. The fourth-order valence-electron chi connectivity index (χ4n) is 4.24. The summed E-state index contributed by atoms with van der Waals surface area (Å²) in [6.07, 6.45) is 3.65. The first-order chi connectivity index (χ1) is 13.6. The summed E-state index contributed by atoms with van der Waals surface area (Å²) < 4.78 is 7.52. The minimum absolute atomic E-state index is 0.0198. The molecule has 7 nitrogen and oxygen atoms in total. The fourth-order valence-corrected chi connectivity index (χ4v) is 4.24. The molecule has 5 rings (SSSR count). The molecular formula is C21H20N4O3. The van der Waals surface area contributed by atoms with Crippen LogP contribution in [0.15, 0.2) is 59.3 Å². The molecule has 3 aromatic rings. The second-order valence-electron chi connectivity index (χ2n) is 7.31. The Balaban J connectivity index is 1.47. The van der Waals surface area contributed by atoms with Gasteiger partial charge in [0.2, 0.25) is 0 Å². The van der Waals surface area contributed by atoms with Gasteiger partial charge in [-0.05, 0) is 43.3 Å². The average molecular weight is 376 g/mol. The minimum Gasteiger partial charge on any atom is -0.456 e. The number of pyridine rings is 1. The molecule has 2 amide bonds. The van der Waals surface area contributed by atoms with E-state index in [4.69, 9.17) is 4.42 Å². The Hall–Kier alpha value is -3.35. The highest BCUT2D eigenvalue weighted by Crippen LogP contribution is 2.35. The number of carbonyl (C=O) groups excluding carboxylic acids is 2. The lowest BCUT2D eigenvalue weighted by Crippen LogP contribution is -2.50. The lowest BCUT2D eigenvalue weighted by atomic mass is 10.1. The van der Waals surface area contributed by atoms with Crippen LogP contribution < -0.4 is 0 Å². The van der Waals surface area contributed by atoms with Gasteiger partial charge in [0.05, 0.1) is 24.3 Å². The van der Waals surface area contributed by atoms with Crippen molar-refractivity contribution in [2.75, 3.05) is 13.1 Å². The topological polar surface area (TPSA) is 71.6 Å². The molecule has 5 heterocycles. The fraction of sp³-hybridized carbons (Fsp3) is 0.286. The molecule has 0 N–H and O–H groups in total. The Labute approximate surface area is 162 Å². The molecule has 0 saturated carbocycles. The zero-order valence-corrected chi connectivity index (χ0v) is 15.5. The second kappa shape index (κ2) is 6.37. The van der Waals surface area contributed by atoms with E-state index in [1.807, 2.05) is 52.9 Å². The van der Waals surface area contributed by atoms with Crippen LogP contribution in [0.1, 0.15) is 38.5 Å². The quantitative estimate of drug-likeness (QED) is 0.704. The SMILES string of the molecule is Cc1ccc(C(=O)N2C[C@H]3[C@H](C2)n2cccc2C(=O)N3Cc2ccccn2)o1. The van der Waals surface area contributed by atoms with Gasteiger partial charge in [0, 0.05) is 25.5 Å². The van der Waals surface area contributed by atoms with Crippen LogP contribution in [0.3, 0.4) is 0 Å². The third kappa shape index (κ3) is 2.62. The van der Waals surface area contributed by atoms with Crippen LogP contribution in [0.4, 0.5) is 0 Å². The third-order valence-corrected chi connectivity index (χ3v) is 5.57. The van der Waals surface area contributed by atoms with Crippen molar-refractivity contribution in [1.82, 2.24) is 19.4 Å². The van der Waals surface area contributed by atoms with Gasteiger partial charge in [0.25, 0.3) is 11.8 Å². The largest absolute Gasteiger partial charge is 0.456 e. The van der Waals surface area contributed by atoms with Gasteiger partial charge in [-0.15, -0.1) is 0 Å². The Morgan fingerprint density at radius 3 is 2.75 bits per heavy atom. The van der Waals surface area contributed by atoms with Crippen molar-refractivity contribution in [1.29, 1.82) is 0 Å². The van der Waals surface area contributed by atoms with E-state index in [0.29, 0.717) is 36.8 Å². The maximum atomic E-state index is 13.1. The summed E-state index contributed by atoms with van der Waals surface area (Å²) in [5.74, 6) is 0.882. The zero-order chi connectivity index (χ0) is 19.3. The zero-order valence-electron chi connectivity index (χ0n) is 15.5. The van der Waals surface area contributed by atoms with Crippen molar-refractivity contribution in [3.63, 3.8) is 0 Å². The van der Waals surface area contributed by atoms with E-state index in [9.17, 15) is 9.59 Å². The second-order valence-corrected chi connectivity index (χ2v) is 7.31. The molecule has 0 radical (unpaired) electrons. The van der Waals surface area contributed by atoms with E-state index in [0.717, 1.165) is 5.69 Å². The van der Waals surface area contributed by atoms with Crippen molar-refractivity contribution in [3.05, 3.63) is 77.8 Å². The summed E-state index contributed by atoms with van der Waals surface area (Å²) in [7, 11) is 0. The van der Waals surface area contributed by atoms with Gasteiger partial charge < -0.3 is 18.8 Å². The first-order valence-corrected chi connectivity index (χ1v) is 9.35. The molecule has 1 fully saturated rings. The molecule has 7 heteroatoms. The molecule has 0 bridgehead atoms. The number of nitrogens with zero attached hydrogens (tertiary/aromatic N) is 4. The summed E-state index contributed by atoms with van der Waals surface area (Å²) in [6.45, 7) is 3.25. The maximum absolute atomic E-state index is 13.1. The number of hydrogen-bond acceptors (Lipinski definition) is 4. The maximum Gasteiger partial charge on any atom is 0.289 e. The first-order valence-electron chi connectivity index (χ1n) is 9.35. The van der Waals surface area contributed by atoms with Crippen molar-refractivity contribution in [2.45, 2.75) is 25.6 Å². The summed E-state index contributed by atoms with van der Waals surface area (Å²) in [5.41, 5.74) is 1.49. The molecule has 2 aliphatic heterocycles.